The van der Waals surface area contributed by atoms with Crippen molar-refractivity contribution < 1.29 is 18.6 Å². The van der Waals surface area contributed by atoms with Crippen LogP contribution in [0.1, 0.15) is 31.6 Å². The molecule has 8 nitrogen and oxygen atoms in total. The molecule has 1 aliphatic heterocycles. The number of nitrogens with zero attached hydrogens (tertiary/aromatic N) is 5. The van der Waals surface area contributed by atoms with Gasteiger partial charge in [0, 0.05) is 64.6 Å². The molecule has 0 radical (unpaired) electrons. The van der Waals surface area contributed by atoms with Gasteiger partial charge in [0.15, 0.2) is 0 Å². The number of nitrogens with one attached hydrogen (secondary N) is 1. The summed E-state index contributed by atoms with van der Waals surface area (Å²) in [5.74, 6) is -1.56. The van der Waals surface area contributed by atoms with Gasteiger partial charge >= 0.3 is 0 Å². The van der Waals surface area contributed by atoms with Gasteiger partial charge in [0.2, 0.25) is 0 Å². The molecule has 2 unspecified atom stereocenters. The van der Waals surface area contributed by atoms with Gasteiger partial charge in [-0.05, 0) is 37.4 Å². The van der Waals surface area contributed by atoms with E-state index in [1.807, 2.05) is 53.6 Å². The van der Waals surface area contributed by atoms with Gasteiger partial charge in [-0.2, -0.15) is 10.2 Å². The highest BCUT2D eigenvalue weighted by Crippen LogP contribution is 2.47. The van der Waals surface area contributed by atoms with Crippen LogP contribution in [0.15, 0.2) is 54.0 Å². The van der Waals surface area contributed by atoms with Crippen molar-refractivity contribution in [2.45, 2.75) is 25.9 Å². The van der Waals surface area contributed by atoms with E-state index >= 15 is 4.39 Å². The Labute approximate surface area is 244 Å². The van der Waals surface area contributed by atoms with Crippen LogP contribution in [-0.2, 0) is 7.05 Å². The molecular weight excluding hydrogens is 558 g/mol. The molecule has 0 bridgehead atoms. The first kappa shape index (κ1) is 26.7. The first-order chi connectivity index (χ1) is 20.3. The maximum absolute atomic E-state index is 15.9. The predicted molar refractivity (Wildman–Crippen MR) is 160 cm³/mol. The first-order valence-corrected chi connectivity index (χ1v) is 14.6. The number of aliphatic hydroxyl groups is 1. The molecule has 0 saturated heterocycles. The normalized spacial score (nSPS) is 16.8. The second-order valence-corrected chi connectivity index (χ2v) is 11.6. The second kappa shape index (κ2) is 10.3. The fraction of sp³-hybridized carbons (Fsp3) is 0.258. The number of aryl methyl sites for hydroxylation is 1. The van der Waals surface area contributed by atoms with E-state index in [0.29, 0.717) is 22.6 Å². The quantitative estimate of drug-likeness (QED) is 0.240. The number of halogens is 2. The van der Waals surface area contributed by atoms with Crippen molar-refractivity contribution in [1.29, 1.82) is 0 Å². The van der Waals surface area contributed by atoms with Crippen molar-refractivity contribution in [3.8, 4) is 39.5 Å². The van der Waals surface area contributed by atoms with Crippen LogP contribution in [0.4, 0.5) is 8.78 Å². The topological polar surface area (TPSA) is 90.0 Å². The number of pyridine rings is 1. The summed E-state index contributed by atoms with van der Waals surface area (Å²) in [6.07, 6.45) is 1.96. The predicted octanol–water partition coefficient (Wildman–Crippen LogP) is 6.26. The Hall–Kier alpha value is -4.19. The zero-order valence-electron chi connectivity index (χ0n) is 23.2. The Kier molecular flexibility index (Phi) is 6.52. The Bertz CT molecular complexity index is 1950. The number of aromatic nitrogens is 5. The Morgan fingerprint density at radius 2 is 1.93 bits per heavy atom. The lowest BCUT2D eigenvalue weighted by atomic mass is 9.96. The maximum atomic E-state index is 15.9. The molecule has 0 fully saturated rings. The minimum Gasteiger partial charge on any atom is -0.490 e. The SMILES string of the molecule is CC1NCC(C)n2nc(-c3nc(-c4ccc5cn(C)nc5c4)c4ccsc4c3-c3c(F)cc(F)cc3OCCO)cc21. The summed E-state index contributed by atoms with van der Waals surface area (Å²) in [6, 6.07) is 12.1. The Morgan fingerprint density at radius 3 is 2.74 bits per heavy atom. The lowest BCUT2D eigenvalue weighted by molar-refractivity contribution is 0.201. The average molecular weight is 587 g/mol. The van der Waals surface area contributed by atoms with E-state index in [2.05, 4.69) is 24.3 Å². The van der Waals surface area contributed by atoms with Gasteiger partial charge in [-0.15, -0.1) is 11.3 Å². The molecule has 0 spiro atoms. The third-order valence-corrected chi connectivity index (χ3v) is 8.64. The molecule has 5 heterocycles. The van der Waals surface area contributed by atoms with Gasteiger partial charge < -0.3 is 15.2 Å². The Morgan fingerprint density at radius 1 is 1.07 bits per heavy atom. The summed E-state index contributed by atoms with van der Waals surface area (Å²) < 4.78 is 40.5. The molecule has 6 aromatic rings. The fourth-order valence-corrected chi connectivity index (χ4v) is 6.70. The van der Waals surface area contributed by atoms with Gasteiger partial charge in [-0.25, -0.2) is 13.8 Å². The van der Waals surface area contributed by atoms with Crippen LogP contribution in [-0.4, -0.2) is 49.4 Å². The zero-order valence-corrected chi connectivity index (χ0v) is 24.0. The van der Waals surface area contributed by atoms with E-state index in [4.69, 9.17) is 14.8 Å². The van der Waals surface area contributed by atoms with Gasteiger partial charge in [0.25, 0.3) is 0 Å². The molecule has 2 atom stereocenters. The van der Waals surface area contributed by atoms with Gasteiger partial charge in [0.05, 0.1) is 35.1 Å². The molecule has 42 heavy (non-hydrogen) atoms. The minimum absolute atomic E-state index is 0.00525. The number of hydrogen-bond donors (Lipinski definition) is 2. The highest BCUT2D eigenvalue weighted by Gasteiger charge is 2.29. The molecule has 2 aromatic carbocycles. The number of fused-ring (bicyclic) bond motifs is 3. The van der Waals surface area contributed by atoms with E-state index in [-0.39, 0.29) is 36.6 Å². The van der Waals surface area contributed by atoms with E-state index in [0.717, 1.165) is 50.9 Å². The third-order valence-electron chi connectivity index (χ3n) is 7.71. The zero-order chi connectivity index (χ0) is 29.1. The van der Waals surface area contributed by atoms with Gasteiger partial charge in [0.1, 0.15) is 35.4 Å². The maximum Gasteiger partial charge on any atom is 0.137 e. The van der Waals surface area contributed by atoms with Crippen molar-refractivity contribution in [1.82, 2.24) is 29.9 Å². The van der Waals surface area contributed by atoms with Crippen LogP contribution in [0.25, 0.3) is 54.8 Å². The first-order valence-electron chi connectivity index (χ1n) is 13.7. The summed E-state index contributed by atoms with van der Waals surface area (Å²) in [7, 11) is 1.88. The lowest BCUT2D eigenvalue weighted by Gasteiger charge is -2.27. The molecule has 1 aliphatic rings. The van der Waals surface area contributed by atoms with Crippen molar-refractivity contribution >= 4 is 32.3 Å². The molecule has 2 N–H and O–H groups in total. The van der Waals surface area contributed by atoms with Gasteiger partial charge in [-0.1, -0.05) is 12.1 Å². The number of aliphatic hydroxyl groups excluding tert-OH is 1. The fourth-order valence-electron chi connectivity index (χ4n) is 5.75. The van der Waals surface area contributed by atoms with E-state index in [1.165, 1.54) is 11.3 Å². The number of benzene rings is 2. The summed E-state index contributed by atoms with van der Waals surface area (Å²) in [5, 5.41) is 26.3. The van der Waals surface area contributed by atoms with Crippen LogP contribution in [0.5, 0.6) is 5.75 Å². The molecule has 0 aliphatic carbocycles. The van der Waals surface area contributed by atoms with E-state index < -0.39 is 11.6 Å². The smallest absolute Gasteiger partial charge is 0.137 e. The van der Waals surface area contributed by atoms with Crippen molar-refractivity contribution in [2.75, 3.05) is 19.8 Å². The third kappa shape index (κ3) is 4.36. The second-order valence-electron chi connectivity index (χ2n) is 10.6. The highest BCUT2D eigenvalue weighted by atomic mass is 32.1. The van der Waals surface area contributed by atoms with Crippen LogP contribution >= 0.6 is 11.3 Å². The lowest BCUT2D eigenvalue weighted by Crippen LogP contribution is -2.34. The molecule has 0 saturated carbocycles. The molecule has 7 rings (SSSR count). The summed E-state index contributed by atoms with van der Waals surface area (Å²) in [5.41, 5.74) is 4.99. The van der Waals surface area contributed by atoms with Crippen LogP contribution in [0, 0.1) is 11.6 Å². The van der Waals surface area contributed by atoms with Crippen molar-refractivity contribution in [3.63, 3.8) is 0 Å². The number of thiophene rings is 1. The highest BCUT2D eigenvalue weighted by molar-refractivity contribution is 7.18. The van der Waals surface area contributed by atoms with Crippen molar-refractivity contribution in [3.05, 3.63) is 71.4 Å². The monoisotopic (exact) mass is 586 g/mol. The largest absolute Gasteiger partial charge is 0.490 e. The number of rotatable bonds is 6. The van der Waals surface area contributed by atoms with Crippen molar-refractivity contribution in [2.24, 2.45) is 7.05 Å². The average Bonchev–Trinajstić information content (AvgIpc) is 3.71. The van der Waals surface area contributed by atoms with E-state index in [9.17, 15) is 9.50 Å². The van der Waals surface area contributed by atoms with Gasteiger partial charge in [-0.3, -0.25) is 9.36 Å². The molecule has 4 aromatic heterocycles. The number of ether oxygens (including phenoxy) is 1. The minimum atomic E-state index is -0.782. The van der Waals surface area contributed by atoms with Crippen LogP contribution < -0.4 is 10.1 Å². The molecule has 0 amide bonds. The molecule has 214 valence electrons. The van der Waals surface area contributed by atoms with Crippen LogP contribution in [0.3, 0.4) is 0 Å². The van der Waals surface area contributed by atoms with Crippen LogP contribution in [0.2, 0.25) is 0 Å². The summed E-state index contributed by atoms with van der Waals surface area (Å²) >= 11 is 1.44. The summed E-state index contributed by atoms with van der Waals surface area (Å²) in [4.78, 5) is 5.19. The molecular formula is C31H28F2N6O2S. The number of hydrogen-bond acceptors (Lipinski definition) is 7. The standard InChI is InChI=1S/C31H28F2N6O2S/c1-16-14-34-17(2)25-13-24(37-39(16)25)30-28(27-22(33)11-20(32)12-26(27)41-8-7-40)31-21(6-9-42-31)29(35-30)18-4-5-19-15-38(3)36-23(19)10-18/h4-6,9-13,15-17,34,40H,7-8,14H2,1-3H3. The Balaban J connectivity index is 1.55. The summed E-state index contributed by atoms with van der Waals surface area (Å²) in [6.45, 7) is 4.51. The van der Waals surface area contributed by atoms with E-state index in [1.54, 1.807) is 4.68 Å². The molecule has 11 heteroatoms.